The number of halogens is 2. The zero-order valence-electron chi connectivity index (χ0n) is 11.1. The van der Waals surface area contributed by atoms with Crippen molar-refractivity contribution in [2.75, 3.05) is 6.54 Å². The maximum absolute atomic E-state index is 12.2. The van der Waals surface area contributed by atoms with Crippen molar-refractivity contribution in [1.29, 1.82) is 0 Å². The van der Waals surface area contributed by atoms with E-state index in [1.165, 1.54) is 0 Å². The van der Waals surface area contributed by atoms with Crippen molar-refractivity contribution < 1.29 is 13.5 Å². The monoisotopic (exact) mass is 257 g/mol. The highest BCUT2D eigenvalue weighted by atomic mass is 19.3. The first-order valence-corrected chi connectivity index (χ1v) is 6.32. The molecule has 102 valence electrons. The molecule has 4 heteroatoms. The standard InChI is InChI=1S/C14H21F2NO/c1-4-8-17-13(10(2)3)11-6-5-7-12(9-11)18-14(15)16/h5-7,9-10,13-14,17H,4,8H2,1-3H3. The van der Waals surface area contributed by atoms with Crippen LogP contribution in [-0.4, -0.2) is 13.2 Å². The maximum Gasteiger partial charge on any atom is 0.387 e. The van der Waals surface area contributed by atoms with E-state index in [0.29, 0.717) is 5.92 Å². The summed E-state index contributed by atoms with van der Waals surface area (Å²) in [4.78, 5) is 0. The molecule has 0 amide bonds. The molecule has 18 heavy (non-hydrogen) atoms. The molecule has 0 saturated heterocycles. The normalized spacial score (nSPS) is 13.1. The van der Waals surface area contributed by atoms with Gasteiger partial charge in [0.1, 0.15) is 5.75 Å². The Balaban J connectivity index is 2.83. The van der Waals surface area contributed by atoms with Crippen LogP contribution in [0.15, 0.2) is 24.3 Å². The SMILES string of the molecule is CCCNC(c1cccc(OC(F)F)c1)C(C)C. The Morgan fingerprint density at radius 1 is 1.28 bits per heavy atom. The van der Waals surface area contributed by atoms with Crippen LogP contribution >= 0.6 is 0 Å². The van der Waals surface area contributed by atoms with Crippen LogP contribution in [0.5, 0.6) is 5.75 Å². The topological polar surface area (TPSA) is 21.3 Å². The van der Waals surface area contributed by atoms with Crippen molar-refractivity contribution >= 4 is 0 Å². The molecular formula is C14H21F2NO. The number of alkyl halides is 2. The van der Waals surface area contributed by atoms with Gasteiger partial charge in [0.2, 0.25) is 0 Å². The molecule has 0 aliphatic carbocycles. The van der Waals surface area contributed by atoms with Crippen LogP contribution in [-0.2, 0) is 0 Å². The quantitative estimate of drug-likeness (QED) is 0.797. The molecule has 0 bridgehead atoms. The molecule has 0 aliphatic heterocycles. The predicted molar refractivity (Wildman–Crippen MR) is 68.9 cm³/mol. The average molecular weight is 257 g/mol. The number of ether oxygens (including phenoxy) is 1. The van der Waals surface area contributed by atoms with Crippen LogP contribution < -0.4 is 10.1 Å². The Hall–Kier alpha value is -1.16. The van der Waals surface area contributed by atoms with Gasteiger partial charge < -0.3 is 10.1 Å². The van der Waals surface area contributed by atoms with Crippen LogP contribution in [0, 0.1) is 5.92 Å². The van der Waals surface area contributed by atoms with Crippen molar-refractivity contribution in [2.24, 2.45) is 5.92 Å². The van der Waals surface area contributed by atoms with Gasteiger partial charge in [0.05, 0.1) is 0 Å². The third-order valence-electron chi connectivity index (χ3n) is 2.72. The minimum Gasteiger partial charge on any atom is -0.435 e. The summed E-state index contributed by atoms with van der Waals surface area (Å²) in [6.07, 6.45) is 1.04. The first kappa shape index (κ1) is 14.9. The van der Waals surface area contributed by atoms with Gasteiger partial charge in [-0.2, -0.15) is 8.78 Å². The molecule has 0 saturated carbocycles. The molecule has 1 N–H and O–H groups in total. The smallest absolute Gasteiger partial charge is 0.387 e. The van der Waals surface area contributed by atoms with E-state index in [-0.39, 0.29) is 11.8 Å². The summed E-state index contributed by atoms with van der Waals surface area (Å²) in [6.45, 7) is 4.44. The van der Waals surface area contributed by atoms with Gasteiger partial charge in [-0.3, -0.25) is 0 Å². The summed E-state index contributed by atoms with van der Waals surface area (Å²) in [6, 6.07) is 7.07. The van der Waals surface area contributed by atoms with Crippen molar-refractivity contribution in [3.05, 3.63) is 29.8 Å². The second kappa shape index (κ2) is 7.31. The second-order valence-corrected chi connectivity index (χ2v) is 4.63. The van der Waals surface area contributed by atoms with Crippen molar-refractivity contribution in [3.8, 4) is 5.75 Å². The molecule has 1 rings (SSSR count). The van der Waals surface area contributed by atoms with Gasteiger partial charge in [0.15, 0.2) is 0 Å². The number of hydrogen-bond acceptors (Lipinski definition) is 2. The second-order valence-electron chi connectivity index (χ2n) is 4.63. The van der Waals surface area contributed by atoms with Crippen LogP contribution in [0.25, 0.3) is 0 Å². The molecule has 0 fully saturated rings. The van der Waals surface area contributed by atoms with E-state index in [1.54, 1.807) is 18.2 Å². The van der Waals surface area contributed by atoms with Gasteiger partial charge in [0.25, 0.3) is 0 Å². The average Bonchev–Trinajstić information content (AvgIpc) is 2.28. The van der Waals surface area contributed by atoms with Crippen molar-refractivity contribution in [1.82, 2.24) is 5.32 Å². The summed E-state index contributed by atoms with van der Waals surface area (Å²) in [5.41, 5.74) is 0.983. The molecule has 1 unspecified atom stereocenters. The van der Waals surface area contributed by atoms with Crippen LogP contribution in [0.2, 0.25) is 0 Å². The summed E-state index contributed by atoms with van der Waals surface area (Å²) < 4.78 is 28.8. The summed E-state index contributed by atoms with van der Waals surface area (Å²) in [5, 5.41) is 3.42. The van der Waals surface area contributed by atoms with E-state index in [2.05, 4.69) is 30.8 Å². The molecule has 1 atom stereocenters. The predicted octanol–water partition coefficient (Wildman–Crippen LogP) is 3.98. The Morgan fingerprint density at radius 3 is 2.56 bits per heavy atom. The van der Waals surface area contributed by atoms with Crippen LogP contribution in [0.4, 0.5) is 8.78 Å². The maximum atomic E-state index is 12.2. The number of hydrogen-bond donors (Lipinski definition) is 1. The number of nitrogens with one attached hydrogen (secondary N) is 1. The lowest BCUT2D eigenvalue weighted by molar-refractivity contribution is -0.0499. The molecule has 0 aliphatic rings. The minimum absolute atomic E-state index is 0.158. The number of benzene rings is 1. The fourth-order valence-corrected chi connectivity index (χ4v) is 1.92. The largest absolute Gasteiger partial charge is 0.435 e. The Bertz CT molecular complexity index is 355. The fraction of sp³-hybridized carbons (Fsp3) is 0.571. The lowest BCUT2D eigenvalue weighted by Crippen LogP contribution is -2.26. The summed E-state index contributed by atoms with van der Waals surface area (Å²) >= 11 is 0. The molecular weight excluding hydrogens is 236 g/mol. The van der Waals surface area contributed by atoms with Crippen LogP contribution in [0.1, 0.15) is 38.8 Å². The van der Waals surface area contributed by atoms with Gasteiger partial charge in [0, 0.05) is 6.04 Å². The fourth-order valence-electron chi connectivity index (χ4n) is 1.92. The molecule has 2 nitrogen and oxygen atoms in total. The molecule has 0 aromatic heterocycles. The Kier molecular flexibility index (Phi) is 6.05. The van der Waals surface area contributed by atoms with Crippen molar-refractivity contribution in [3.63, 3.8) is 0 Å². The van der Waals surface area contributed by atoms with Gasteiger partial charge in [-0.25, -0.2) is 0 Å². The Morgan fingerprint density at radius 2 is 2.00 bits per heavy atom. The van der Waals surface area contributed by atoms with E-state index < -0.39 is 6.61 Å². The molecule has 0 heterocycles. The summed E-state index contributed by atoms with van der Waals surface area (Å²) in [7, 11) is 0. The van der Waals surface area contributed by atoms with Gasteiger partial charge in [-0.1, -0.05) is 32.9 Å². The third-order valence-corrected chi connectivity index (χ3v) is 2.72. The van der Waals surface area contributed by atoms with Crippen LogP contribution in [0.3, 0.4) is 0 Å². The highest BCUT2D eigenvalue weighted by Gasteiger charge is 2.15. The Labute approximate surface area is 107 Å². The zero-order valence-corrected chi connectivity index (χ0v) is 11.1. The lowest BCUT2D eigenvalue weighted by Gasteiger charge is -2.23. The van der Waals surface area contributed by atoms with Gasteiger partial charge in [-0.15, -0.1) is 0 Å². The van der Waals surface area contributed by atoms with E-state index in [0.717, 1.165) is 18.5 Å². The molecule has 0 radical (unpaired) electrons. The van der Waals surface area contributed by atoms with Gasteiger partial charge in [-0.05, 0) is 36.6 Å². The summed E-state index contributed by atoms with van der Waals surface area (Å²) in [5.74, 6) is 0.602. The first-order chi connectivity index (χ1) is 8.54. The zero-order chi connectivity index (χ0) is 13.5. The van der Waals surface area contributed by atoms with E-state index in [9.17, 15) is 8.78 Å². The minimum atomic E-state index is -2.78. The van der Waals surface area contributed by atoms with E-state index in [4.69, 9.17) is 0 Å². The molecule has 0 spiro atoms. The highest BCUT2D eigenvalue weighted by molar-refractivity contribution is 5.31. The highest BCUT2D eigenvalue weighted by Crippen LogP contribution is 2.25. The van der Waals surface area contributed by atoms with Gasteiger partial charge >= 0.3 is 6.61 Å². The van der Waals surface area contributed by atoms with E-state index in [1.807, 2.05) is 6.07 Å². The number of rotatable bonds is 7. The molecule has 1 aromatic rings. The lowest BCUT2D eigenvalue weighted by atomic mass is 9.96. The third kappa shape index (κ3) is 4.61. The van der Waals surface area contributed by atoms with E-state index >= 15 is 0 Å². The first-order valence-electron chi connectivity index (χ1n) is 6.32. The molecule has 1 aromatic carbocycles. The van der Waals surface area contributed by atoms with Crippen molar-refractivity contribution in [2.45, 2.75) is 39.8 Å².